The Morgan fingerprint density at radius 3 is 2.42 bits per heavy atom. The Kier molecular flexibility index (Phi) is 7.11. The molecule has 0 atom stereocenters. The third-order valence-electron chi connectivity index (χ3n) is 6.73. The molecular formula is C32H29N3O5. The van der Waals surface area contributed by atoms with Gasteiger partial charge in [0.1, 0.15) is 29.0 Å². The molecule has 2 aromatic heterocycles. The molecule has 3 aromatic carbocycles. The van der Waals surface area contributed by atoms with Crippen LogP contribution in [0.3, 0.4) is 0 Å². The van der Waals surface area contributed by atoms with Gasteiger partial charge in [-0.3, -0.25) is 14.4 Å². The van der Waals surface area contributed by atoms with E-state index in [4.69, 9.17) is 4.74 Å². The first-order chi connectivity index (χ1) is 19.1. The number of fused-ring (bicyclic) bond motifs is 1. The molecule has 2 heterocycles. The van der Waals surface area contributed by atoms with Crippen LogP contribution in [-0.4, -0.2) is 26.9 Å². The monoisotopic (exact) mass is 535 g/mol. The number of aromatic amines is 1. The number of aromatic nitrogens is 2. The van der Waals surface area contributed by atoms with E-state index < -0.39 is 5.60 Å². The molecule has 0 saturated heterocycles. The van der Waals surface area contributed by atoms with Crippen molar-refractivity contribution in [3.63, 3.8) is 0 Å². The van der Waals surface area contributed by atoms with E-state index in [1.165, 1.54) is 4.57 Å². The minimum Gasteiger partial charge on any atom is -0.457 e. The number of carbonyl (C=O) groups excluding carboxylic acids is 2. The molecule has 0 aliphatic rings. The number of H-pyrrole nitrogens is 1. The van der Waals surface area contributed by atoms with Crippen LogP contribution in [0.1, 0.15) is 45.8 Å². The van der Waals surface area contributed by atoms with Gasteiger partial charge in [-0.15, -0.1) is 0 Å². The minimum absolute atomic E-state index is 0.230. The van der Waals surface area contributed by atoms with Crippen molar-refractivity contribution in [1.82, 2.24) is 14.9 Å². The van der Waals surface area contributed by atoms with E-state index in [0.717, 1.165) is 11.8 Å². The highest BCUT2D eigenvalue weighted by molar-refractivity contribution is 6.03. The predicted octanol–water partition coefficient (Wildman–Crippen LogP) is 5.30. The predicted molar refractivity (Wildman–Crippen MR) is 154 cm³/mol. The average Bonchev–Trinajstić information content (AvgIpc) is 3.40. The van der Waals surface area contributed by atoms with Gasteiger partial charge >= 0.3 is 0 Å². The van der Waals surface area contributed by atoms with Crippen molar-refractivity contribution in [3.05, 3.63) is 118 Å². The maximum atomic E-state index is 13.1. The summed E-state index contributed by atoms with van der Waals surface area (Å²) in [4.78, 5) is 40.1. The number of para-hydroxylation sites is 1. The van der Waals surface area contributed by atoms with Crippen molar-refractivity contribution >= 4 is 23.1 Å². The lowest BCUT2D eigenvalue weighted by molar-refractivity contribution is 0.0786. The van der Waals surface area contributed by atoms with Crippen molar-refractivity contribution in [2.24, 2.45) is 7.05 Å². The summed E-state index contributed by atoms with van der Waals surface area (Å²) in [5, 5.41) is 14.1. The molecule has 0 fully saturated rings. The maximum Gasteiger partial charge on any atom is 0.274 e. The maximum absolute atomic E-state index is 13.1. The minimum atomic E-state index is -1.12. The van der Waals surface area contributed by atoms with Crippen LogP contribution >= 0.6 is 0 Å². The number of carbonyl (C=O) groups is 2. The Hall–Kier alpha value is -4.95. The molecule has 0 saturated carbocycles. The molecule has 5 rings (SSSR count). The molecule has 3 N–H and O–H groups in total. The number of aliphatic hydroxyl groups is 1. The van der Waals surface area contributed by atoms with Crippen molar-refractivity contribution < 1.29 is 19.4 Å². The molecule has 0 radical (unpaired) electrons. The fourth-order valence-electron chi connectivity index (χ4n) is 4.49. The van der Waals surface area contributed by atoms with Gasteiger partial charge in [-0.25, -0.2) is 0 Å². The van der Waals surface area contributed by atoms with E-state index in [1.807, 2.05) is 36.4 Å². The second kappa shape index (κ2) is 10.7. The molecule has 8 heteroatoms. The lowest BCUT2D eigenvalue weighted by Gasteiger charge is -2.21. The molecule has 8 nitrogen and oxygen atoms in total. The quantitative estimate of drug-likeness (QED) is 0.234. The number of benzene rings is 3. The zero-order valence-electron chi connectivity index (χ0n) is 22.4. The van der Waals surface area contributed by atoms with E-state index in [0.29, 0.717) is 39.1 Å². The van der Waals surface area contributed by atoms with Gasteiger partial charge in [-0.05, 0) is 55.3 Å². The summed E-state index contributed by atoms with van der Waals surface area (Å²) in [7, 11) is 1.65. The highest BCUT2D eigenvalue weighted by Gasteiger charge is 2.22. The third-order valence-corrected chi connectivity index (χ3v) is 6.73. The van der Waals surface area contributed by atoms with Gasteiger partial charge in [0.25, 0.3) is 11.5 Å². The zero-order chi connectivity index (χ0) is 28.4. The summed E-state index contributed by atoms with van der Waals surface area (Å²) >= 11 is 0. The lowest BCUT2D eigenvalue weighted by atomic mass is 9.93. The van der Waals surface area contributed by atoms with Crippen molar-refractivity contribution in [1.29, 1.82) is 0 Å². The summed E-state index contributed by atoms with van der Waals surface area (Å²) in [6, 6.07) is 23.3. The first kappa shape index (κ1) is 26.6. The summed E-state index contributed by atoms with van der Waals surface area (Å²) in [5.74, 6) is 0.788. The van der Waals surface area contributed by atoms with Gasteiger partial charge in [0.15, 0.2) is 0 Å². The average molecular weight is 536 g/mol. The fourth-order valence-corrected chi connectivity index (χ4v) is 4.49. The van der Waals surface area contributed by atoms with Crippen LogP contribution in [0.5, 0.6) is 11.5 Å². The highest BCUT2D eigenvalue weighted by Crippen LogP contribution is 2.39. The number of nitrogens with zero attached hydrogens (tertiary/aromatic N) is 1. The summed E-state index contributed by atoms with van der Waals surface area (Å²) < 4.78 is 7.68. The summed E-state index contributed by atoms with van der Waals surface area (Å²) in [6.07, 6.45) is 2.47. The number of nitrogens with one attached hydrogen (secondary N) is 2. The molecule has 0 unspecified atom stereocenters. The fraction of sp³-hybridized carbons (Fsp3) is 0.156. The molecule has 0 aliphatic heterocycles. The SMILES string of the molecule is Cn1cc(-c2cc(C(C)(C)O)ccc2Oc2ccccc2)c2cc(C(=O)NCc3ccc(C=O)cc3)[nH]c2c1=O. The third kappa shape index (κ3) is 5.43. The Morgan fingerprint density at radius 2 is 1.75 bits per heavy atom. The van der Waals surface area contributed by atoms with E-state index in [-0.39, 0.29) is 29.2 Å². The Labute approximate surface area is 230 Å². The molecule has 202 valence electrons. The summed E-state index contributed by atoms with van der Waals surface area (Å²) in [5.41, 5.74) is 2.47. The Bertz CT molecular complexity index is 1760. The normalized spacial score (nSPS) is 11.4. The smallest absolute Gasteiger partial charge is 0.274 e. The molecule has 0 spiro atoms. The molecule has 1 amide bonds. The van der Waals surface area contributed by atoms with E-state index >= 15 is 0 Å². The van der Waals surface area contributed by atoms with Crippen LogP contribution in [-0.2, 0) is 19.2 Å². The van der Waals surface area contributed by atoms with Crippen LogP contribution in [0.25, 0.3) is 22.0 Å². The van der Waals surface area contributed by atoms with Gasteiger partial charge in [-0.2, -0.15) is 0 Å². The standard InChI is InChI=1S/C32H29N3O5/c1-32(2,39)22-13-14-28(40-23-7-5-4-6-8-23)24(15-22)26-18-35(3)31(38)29-25(26)16-27(34-29)30(37)33-17-20-9-11-21(19-36)12-10-20/h4-16,18-19,34,39H,17H2,1-3H3,(H,33,37). The summed E-state index contributed by atoms with van der Waals surface area (Å²) in [6.45, 7) is 3.65. The van der Waals surface area contributed by atoms with E-state index in [1.54, 1.807) is 69.6 Å². The number of amides is 1. The number of pyridine rings is 1. The number of ether oxygens (including phenoxy) is 1. The van der Waals surface area contributed by atoms with Crippen LogP contribution < -0.4 is 15.6 Å². The topological polar surface area (TPSA) is 113 Å². The Morgan fingerprint density at radius 1 is 1.02 bits per heavy atom. The molecular weight excluding hydrogens is 506 g/mol. The number of hydrogen-bond acceptors (Lipinski definition) is 5. The van der Waals surface area contributed by atoms with Crippen LogP contribution in [0.15, 0.2) is 89.9 Å². The van der Waals surface area contributed by atoms with Gasteiger partial charge in [0.05, 0.1) is 5.60 Å². The molecule has 0 aliphatic carbocycles. The van der Waals surface area contributed by atoms with Crippen molar-refractivity contribution in [3.8, 4) is 22.6 Å². The van der Waals surface area contributed by atoms with Gasteiger partial charge in [0.2, 0.25) is 0 Å². The van der Waals surface area contributed by atoms with Gasteiger partial charge < -0.3 is 24.7 Å². The van der Waals surface area contributed by atoms with Crippen LogP contribution in [0, 0.1) is 0 Å². The van der Waals surface area contributed by atoms with E-state index in [2.05, 4.69) is 10.3 Å². The molecule has 40 heavy (non-hydrogen) atoms. The number of aldehydes is 1. The first-order valence-corrected chi connectivity index (χ1v) is 12.8. The highest BCUT2D eigenvalue weighted by atomic mass is 16.5. The van der Waals surface area contributed by atoms with Gasteiger partial charge in [-0.1, -0.05) is 48.5 Å². The second-order valence-electron chi connectivity index (χ2n) is 10.2. The van der Waals surface area contributed by atoms with E-state index in [9.17, 15) is 19.5 Å². The first-order valence-electron chi connectivity index (χ1n) is 12.8. The largest absolute Gasteiger partial charge is 0.457 e. The lowest BCUT2D eigenvalue weighted by Crippen LogP contribution is -2.23. The van der Waals surface area contributed by atoms with Crippen molar-refractivity contribution in [2.75, 3.05) is 0 Å². The van der Waals surface area contributed by atoms with Gasteiger partial charge in [0, 0.05) is 41.9 Å². The Balaban J connectivity index is 1.57. The van der Waals surface area contributed by atoms with Crippen LogP contribution in [0.4, 0.5) is 0 Å². The zero-order valence-corrected chi connectivity index (χ0v) is 22.4. The van der Waals surface area contributed by atoms with Crippen molar-refractivity contribution in [2.45, 2.75) is 26.0 Å². The molecule has 0 bridgehead atoms. The van der Waals surface area contributed by atoms with Crippen LogP contribution in [0.2, 0.25) is 0 Å². The number of hydrogen-bond donors (Lipinski definition) is 3. The number of aryl methyl sites for hydroxylation is 1. The number of rotatable bonds is 8. The second-order valence-corrected chi connectivity index (χ2v) is 10.2. The molecule has 5 aromatic rings.